The van der Waals surface area contributed by atoms with Crippen molar-refractivity contribution in [1.82, 2.24) is 10.2 Å². The molecule has 0 amide bonds. The Balaban J connectivity index is 2.32. The van der Waals surface area contributed by atoms with Gasteiger partial charge in [0.15, 0.2) is 0 Å². The van der Waals surface area contributed by atoms with Crippen LogP contribution in [-0.4, -0.2) is 49.8 Å². The van der Waals surface area contributed by atoms with Gasteiger partial charge in [0, 0.05) is 25.7 Å². The SMILES string of the molecule is CCNC(C)CC(C)N1CCCC(OC)C1. The fraction of sp³-hybridized carbons (Fsp3) is 1.00. The number of likely N-dealkylation sites (tertiary alicyclic amines) is 1. The maximum Gasteiger partial charge on any atom is 0.0698 e. The number of methoxy groups -OCH3 is 1. The Morgan fingerprint density at radius 2 is 2.19 bits per heavy atom. The van der Waals surface area contributed by atoms with E-state index in [1.54, 1.807) is 0 Å². The second kappa shape index (κ2) is 7.25. The summed E-state index contributed by atoms with van der Waals surface area (Å²) < 4.78 is 5.47. The van der Waals surface area contributed by atoms with Gasteiger partial charge in [0.2, 0.25) is 0 Å². The highest BCUT2D eigenvalue weighted by Gasteiger charge is 2.23. The minimum Gasteiger partial charge on any atom is -0.380 e. The maximum atomic E-state index is 5.47. The molecule has 0 spiro atoms. The zero-order valence-corrected chi connectivity index (χ0v) is 11.3. The van der Waals surface area contributed by atoms with Crippen LogP contribution in [0.15, 0.2) is 0 Å². The van der Waals surface area contributed by atoms with Gasteiger partial charge < -0.3 is 10.1 Å². The van der Waals surface area contributed by atoms with Crippen molar-refractivity contribution in [3.8, 4) is 0 Å². The molecule has 1 aliphatic heterocycles. The lowest BCUT2D eigenvalue weighted by Crippen LogP contribution is -2.46. The first-order chi connectivity index (χ1) is 7.67. The average Bonchev–Trinajstić information content (AvgIpc) is 2.29. The Morgan fingerprint density at radius 3 is 2.81 bits per heavy atom. The first-order valence-electron chi connectivity index (χ1n) is 6.67. The summed E-state index contributed by atoms with van der Waals surface area (Å²) in [6.45, 7) is 10.2. The highest BCUT2D eigenvalue weighted by atomic mass is 16.5. The highest BCUT2D eigenvalue weighted by molar-refractivity contribution is 4.79. The summed E-state index contributed by atoms with van der Waals surface area (Å²) in [7, 11) is 1.83. The monoisotopic (exact) mass is 228 g/mol. The molecule has 0 aromatic heterocycles. The summed E-state index contributed by atoms with van der Waals surface area (Å²) in [5.41, 5.74) is 0. The first-order valence-corrected chi connectivity index (χ1v) is 6.67. The number of nitrogens with one attached hydrogen (secondary N) is 1. The molecule has 16 heavy (non-hydrogen) atoms. The predicted octanol–water partition coefficient (Wildman–Crippen LogP) is 1.87. The number of hydrogen-bond acceptors (Lipinski definition) is 3. The molecule has 1 fully saturated rings. The van der Waals surface area contributed by atoms with Crippen molar-refractivity contribution in [2.75, 3.05) is 26.7 Å². The Hall–Kier alpha value is -0.120. The van der Waals surface area contributed by atoms with E-state index < -0.39 is 0 Å². The van der Waals surface area contributed by atoms with Crippen LogP contribution in [0.3, 0.4) is 0 Å². The van der Waals surface area contributed by atoms with Crippen LogP contribution in [0.25, 0.3) is 0 Å². The molecule has 1 rings (SSSR count). The van der Waals surface area contributed by atoms with Crippen molar-refractivity contribution >= 4 is 0 Å². The Labute approximate surface area is 101 Å². The molecule has 0 aromatic rings. The van der Waals surface area contributed by atoms with Crippen LogP contribution in [0.5, 0.6) is 0 Å². The smallest absolute Gasteiger partial charge is 0.0698 e. The van der Waals surface area contributed by atoms with E-state index in [-0.39, 0.29) is 0 Å². The molecule has 0 bridgehead atoms. The first kappa shape index (κ1) is 13.9. The minimum atomic E-state index is 0.450. The molecule has 96 valence electrons. The summed E-state index contributed by atoms with van der Waals surface area (Å²) >= 11 is 0. The number of rotatable bonds is 6. The molecule has 3 atom stereocenters. The molecular weight excluding hydrogens is 200 g/mol. The van der Waals surface area contributed by atoms with Gasteiger partial charge in [-0.25, -0.2) is 0 Å². The Bertz CT molecular complexity index is 187. The van der Waals surface area contributed by atoms with Crippen LogP contribution < -0.4 is 5.32 Å². The average molecular weight is 228 g/mol. The van der Waals surface area contributed by atoms with E-state index in [0.717, 1.165) is 13.1 Å². The van der Waals surface area contributed by atoms with E-state index in [4.69, 9.17) is 4.74 Å². The molecule has 0 aromatic carbocycles. The molecule has 3 heteroatoms. The number of piperidine rings is 1. The molecule has 1 heterocycles. The highest BCUT2D eigenvalue weighted by Crippen LogP contribution is 2.17. The van der Waals surface area contributed by atoms with Crippen molar-refractivity contribution in [3.05, 3.63) is 0 Å². The van der Waals surface area contributed by atoms with Gasteiger partial charge in [-0.2, -0.15) is 0 Å². The largest absolute Gasteiger partial charge is 0.380 e. The molecule has 0 radical (unpaired) electrons. The molecular formula is C13H28N2O. The Kier molecular flexibility index (Phi) is 6.32. The van der Waals surface area contributed by atoms with E-state index in [2.05, 4.69) is 31.0 Å². The Morgan fingerprint density at radius 1 is 1.44 bits per heavy atom. The molecule has 1 N–H and O–H groups in total. The number of nitrogens with zero attached hydrogens (tertiary/aromatic N) is 1. The van der Waals surface area contributed by atoms with Gasteiger partial charge in [-0.3, -0.25) is 4.90 Å². The zero-order valence-electron chi connectivity index (χ0n) is 11.3. The van der Waals surface area contributed by atoms with Gasteiger partial charge >= 0.3 is 0 Å². The van der Waals surface area contributed by atoms with Gasteiger partial charge in [0.1, 0.15) is 0 Å². The summed E-state index contributed by atoms with van der Waals surface area (Å²) in [6, 6.07) is 1.27. The van der Waals surface area contributed by atoms with Crippen LogP contribution in [0.2, 0.25) is 0 Å². The quantitative estimate of drug-likeness (QED) is 0.751. The summed E-state index contributed by atoms with van der Waals surface area (Å²) in [5, 5.41) is 3.48. The minimum absolute atomic E-state index is 0.450. The number of hydrogen-bond donors (Lipinski definition) is 1. The standard InChI is InChI=1S/C13H28N2O/c1-5-14-11(2)9-12(3)15-8-6-7-13(10-15)16-4/h11-14H,5-10H2,1-4H3. The lowest BCUT2D eigenvalue weighted by molar-refractivity contribution is 0.0148. The van der Waals surface area contributed by atoms with Crippen LogP contribution in [0, 0.1) is 0 Å². The maximum absolute atomic E-state index is 5.47. The second-order valence-corrected chi connectivity index (χ2v) is 5.04. The van der Waals surface area contributed by atoms with Gasteiger partial charge in [0.25, 0.3) is 0 Å². The van der Waals surface area contributed by atoms with Crippen molar-refractivity contribution in [1.29, 1.82) is 0 Å². The van der Waals surface area contributed by atoms with Crippen molar-refractivity contribution < 1.29 is 4.74 Å². The van der Waals surface area contributed by atoms with E-state index in [1.807, 2.05) is 7.11 Å². The third-order valence-corrected chi connectivity index (χ3v) is 3.61. The summed E-state index contributed by atoms with van der Waals surface area (Å²) in [4.78, 5) is 2.57. The fourth-order valence-electron chi connectivity index (χ4n) is 2.65. The van der Waals surface area contributed by atoms with Crippen LogP contribution >= 0.6 is 0 Å². The molecule has 3 nitrogen and oxygen atoms in total. The zero-order chi connectivity index (χ0) is 12.0. The van der Waals surface area contributed by atoms with Gasteiger partial charge in [-0.1, -0.05) is 6.92 Å². The van der Waals surface area contributed by atoms with Gasteiger partial charge in [-0.05, 0) is 46.2 Å². The lowest BCUT2D eigenvalue weighted by atomic mass is 10.0. The fourth-order valence-corrected chi connectivity index (χ4v) is 2.65. The van der Waals surface area contributed by atoms with Crippen molar-refractivity contribution in [3.63, 3.8) is 0 Å². The molecule has 1 aliphatic rings. The third kappa shape index (κ3) is 4.40. The molecule has 1 saturated heterocycles. The van der Waals surface area contributed by atoms with Crippen molar-refractivity contribution in [2.24, 2.45) is 0 Å². The van der Waals surface area contributed by atoms with Gasteiger partial charge in [0.05, 0.1) is 6.10 Å². The van der Waals surface area contributed by atoms with Crippen LogP contribution in [0.4, 0.5) is 0 Å². The molecule has 3 unspecified atom stereocenters. The predicted molar refractivity (Wildman–Crippen MR) is 68.8 cm³/mol. The van der Waals surface area contributed by atoms with E-state index in [0.29, 0.717) is 18.2 Å². The lowest BCUT2D eigenvalue weighted by Gasteiger charge is -2.37. The van der Waals surface area contributed by atoms with E-state index in [9.17, 15) is 0 Å². The number of ether oxygens (including phenoxy) is 1. The van der Waals surface area contributed by atoms with Crippen LogP contribution in [0.1, 0.15) is 40.0 Å². The van der Waals surface area contributed by atoms with E-state index in [1.165, 1.54) is 25.8 Å². The third-order valence-electron chi connectivity index (χ3n) is 3.61. The summed E-state index contributed by atoms with van der Waals surface area (Å²) in [5.74, 6) is 0. The topological polar surface area (TPSA) is 24.5 Å². The molecule has 0 saturated carbocycles. The van der Waals surface area contributed by atoms with E-state index >= 15 is 0 Å². The van der Waals surface area contributed by atoms with Crippen LogP contribution in [-0.2, 0) is 4.74 Å². The second-order valence-electron chi connectivity index (χ2n) is 5.04. The van der Waals surface area contributed by atoms with Crippen molar-refractivity contribution in [2.45, 2.75) is 58.2 Å². The molecule has 0 aliphatic carbocycles. The summed E-state index contributed by atoms with van der Waals surface area (Å²) in [6.07, 6.45) is 4.18. The normalized spacial score (nSPS) is 26.6. The van der Waals surface area contributed by atoms with Gasteiger partial charge in [-0.15, -0.1) is 0 Å².